The predicted octanol–water partition coefficient (Wildman–Crippen LogP) is 3.38. The van der Waals surface area contributed by atoms with E-state index < -0.39 is 11.9 Å². The molecule has 0 aliphatic carbocycles. The van der Waals surface area contributed by atoms with Gasteiger partial charge in [0.15, 0.2) is 0 Å². The average Bonchev–Trinajstić information content (AvgIpc) is 3.12. The van der Waals surface area contributed by atoms with E-state index in [4.69, 9.17) is 14.9 Å². The number of H-pyrrole nitrogens is 1. The summed E-state index contributed by atoms with van der Waals surface area (Å²) in [7, 11) is 1.69. The fourth-order valence-electron chi connectivity index (χ4n) is 2.62. The number of carboxylic acid groups (broad SMARTS) is 2. The van der Waals surface area contributed by atoms with Gasteiger partial charge in [0, 0.05) is 40.9 Å². The molecule has 2 aromatic heterocycles. The number of pyridine rings is 1. The van der Waals surface area contributed by atoms with Gasteiger partial charge in [0.05, 0.1) is 7.11 Å². The van der Waals surface area contributed by atoms with Crippen molar-refractivity contribution < 1.29 is 24.5 Å². The predicted molar refractivity (Wildman–Crippen MR) is 117 cm³/mol. The summed E-state index contributed by atoms with van der Waals surface area (Å²) >= 11 is 3.47. The molecule has 3 rings (SSSR count). The van der Waals surface area contributed by atoms with Gasteiger partial charge in [0.25, 0.3) is 0 Å². The maximum atomic E-state index is 9.55. The van der Waals surface area contributed by atoms with E-state index in [-0.39, 0.29) is 0 Å². The number of hydrogen-bond donors (Lipinski definition) is 4. The smallest absolute Gasteiger partial charge is 0.328 e. The zero-order chi connectivity index (χ0) is 21.9. The van der Waals surface area contributed by atoms with Crippen molar-refractivity contribution in [2.24, 2.45) is 0 Å². The zero-order valence-corrected chi connectivity index (χ0v) is 17.8. The number of rotatable bonds is 8. The summed E-state index contributed by atoms with van der Waals surface area (Å²) in [5.41, 5.74) is 3.44. The Morgan fingerprint density at radius 1 is 1.23 bits per heavy atom. The summed E-state index contributed by atoms with van der Waals surface area (Å²) in [5, 5.41) is 20.3. The van der Waals surface area contributed by atoms with Gasteiger partial charge in [-0.25, -0.2) is 14.6 Å². The molecule has 0 spiro atoms. The highest BCUT2D eigenvalue weighted by atomic mass is 79.9. The van der Waals surface area contributed by atoms with Crippen LogP contribution in [0.5, 0.6) is 5.75 Å². The van der Waals surface area contributed by atoms with Gasteiger partial charge >= 0.3 is 11.9 Å². The van der Waals surface area contributed by atoms with E-state index >= 15 is 0 Å². The van der Waals surface area contributed by atoms with Crippen molar-refractivity contribution in [3.05, 3.63) is 70.5 Å². The Bertz CT molecular complexity index is 1020. The second-order valence-corrected chi connectivity index (χ2v) is 7.07. The fraction of sp³-hybridized carbons (Fsp3) is 0.190. The molecule has 4 N–H and O–H groups in total. The summed E-state index contributed by atoms with van der Waals surface area (Å²) in [4.78, 5) is 26.7. The molecule has 158 valence electrons. The number of aromatic amines is 1. The van der Waals surface area contributed by atoms with E-state index in [1.807, 2.05) is 24.5 Å². The number of methoxy groups -OCH3 is 1. The number of nitrogens with zero attached hydrogens (tertiary/aromatic N) is 1. The zero-order valence-electron chi connectivity index (χ0n) is 16.3. The van der Waals surface area contributed by atoms with E-state index in [0.29, 0.717) is 12.2 Å². The molecule has 9 heteroatoms. The first-order valence-corrected chi connectivity index (χ1v) is 9.77. The number of halogens is 1. The maximum Gasteiger partial charge on any atom is 0.328 e. The van der Waals surface area contributed by atoms with Crippen LogP contribution < -0.4 is 10.1 Å². The summed E-state index contributed by atoms with van der Waals surface area (Å²) in [6.45, 7) is 1.75. The van der Waals surface area contributed by atoms with Crippen molar-refractivity contribution in [1.82, 2.24) is 15.3 Å². The van der Waals surface area contributed by atoms with Gasteiger partial charge in [-0.15, -0.1) is 0 Å². The van der Waals surface area contributed by atoms with Crippen LogP contribution in [0.3, 0.4) is 0 Å². The fourth-order valence-corrected chi connectivity index (χ4v) is 2.95. The van der Waals surface area contributed by atoms with E-state index in [1.54, 1.807) is 7.11 Å². The van der Waals surface area contributed by atoms with Crippen LogP contribution in [0.2, 0.25) is 0 Å². The van der Waals surface area contributed by atoms with Crippen molar-refractivity contribution >= 4 is 38.9 Å². The number of benzene rings is 1. The quantitative estimate of drug-likeness (QED) is 0.290. The first kappa shape index (κ1) is 23.1. The molecule has 0 saturated carbocycles. The highest BCUT2D eigenvalue weighted by Crippen LogP contribution is 2.20. The molecule has 2 heterocycles. The van der Waals surface area contributed by atoms with Gasteiger partial charge in [-0.2, -0.15) is 0 Å². The SMILES string of the molecule is COc1cccc(CNCCc2c[nH]c3ncc(Br)cc23)c1.O=C(O)/C=C/C(=O)O. The molecule has 0 bridgehead atoms. The van der Waals surface area contributed by atoms with Crippen LogP contribution in [0.15, 0.2) is 59.4 Å². The highest BCUT2D eigenvalue weighted by Gasteiger charge is 2.05. The molecule has 0 saturated heterocycles. The number of aromatic nitrogens is 2. The number of carbonyl (C=O) groups is 2. The third-order valence-corrected chi connectivity index (χ3v) is 4.42. The average molecular weight is 476 g/mol. The van der Waals surface area contributed by atoms with Gasteiger partial charge in [-0.1, -0.05) is 12.1 Å². The standard InChI is InChI=1S/C17H18BrN3O.C4H4O4/c1-22-15-4-2-3-12(7-15)9-19-6-5-13-10-20-17-16(13)8-14(18)11-21-17;5-3(6)1-2-4(7)8/h2-4,7-8,10-11,19H,5-6,9H2,1H3,(H,20,21);1-2H,(H,5,6)(H,7,8)/b;2-1+. The monoisotopic (exact) mass is 475 g/mol. The summed E-state index contributed by atoms with van der Waals surface area (Å²) < 4.78 is 6.24. The summed E-state index contributed by atoms with van der Waals surface area (Å²) in [6, 6.07) is 10.2. The number of carboxylic acids is 2. The van der Waals surface area contributed by atoms with Crippen LogP contribution in [0, 0.1) is 0 Å². The van der Waals surface area contributed by atoms with Gasteiger partial charge in [-0.05, 0) is 58.2 Å². The minimum Gasteiger partial charge on any atom is -0.497 e. The Hall–Kier alpha value is -3.17. The van der Waals surface area contributed by atoms with Crippen LogP contribution >= 0.6 is 15.9 Å². The Labute approximate surface area is 181 Å². The molecule has 8 nitrogen and oxygen atoms in total. The Balaban J connectivity index is 0.000000343. The minimum absolute atomic E-state index is 0.558. The van der Waals surface area contributed by atoms with Gasteiger partial charge in [0.1, 0.15) is 11.4 Å². The van der Waals surface area contributed by atoms with Gasteiger partial charge in [0.2, 0.25) is 0 Å². The molecule has 0 aliphatic heterocycles. The van der Waals surface area contributed by atoms with Crippen LogP contribution in [0.25, 0.3) is 11.0 Å². The van der Waals surface area contributed by atoms with Crippen LogP contribution in [-0.2, 0) is 22.6 Å². The lowest BCUT2D eigenvalue weighted by Gasteiger charge is -2.06. The molecule has 0 amide bonds. The lowest BCUT2D eigenvalue weighted by atomic mass is 10.1. The topological polar surface area (TPSA) is 125 Å². The second-order valence-electron chi connectivity index (χ2n) is 6.15. The van der Waals surface area contributed by atoms with E-state index in [1.165, 1.54) is 16.5 Å². The van der Waals surface area contributed by atoms with Crippen molar-refractivity contribution in [1.29, 1.82) is 0 Å². The van der Waals surface area contributed by atoms with Crippen molar-refractivity contribution in [3.63, 3.8) is 0 Å². The number of aliphatic carboxylic acids is 2. The largest absolute Gasteiger partial charge is 0.497 e. The van der Waals surface area contributed by atoms with Gasteiger partial charge in [-0.3, -0.25) is 0 Å². The molecule has 0 atom stereocenters. The first-order valence-electron chi connectivity index (χ1n) is 8.98. The number of hydrogen-bond acceptors (Lipinski definition) is 5. The molecule has 1 aromatic carbocycles. The van der Waals surface area contributed by atoms with Crippen molar-refractivity contribution in [2.75, 3.05) is 13.7 Å². The molecular weight excluding hydrogens is 454 g/mol. The normalized spacial score (nSPS) is 10.6. The van der Waals surface area contributed by atoms with E-state index in [0.717, 1.165) is 35.4 Å². The third-order valence-electron chi connectivity index (χ3n) is 3.99. The lowest BCUT2D eigenvalue weighted by Crippen LogP contribution is -2.16. The minimum atomic E-state index is -1.26. The lowest BCUT2D eigenvalue weighted by molar-refractivity contribution is -0.134. The maximum absolute atomic E-state index is 9.55. The Kier molecular flexibility index (Phi) is 9.04. The molecular formula is C21H22BrN3O5. The first-order chi connectivity index (χ1) is 14.4. The van der Waals surface area contributed by atoms with Crippen molar-refractivity contribution in [2.45, 2.75) is 13.0 Å². The molecule has 0 fully saturated rings. The van der Waals surface area contributed by atoms with E-state index in [2.05, 4.69) is 49.4 Å². The van der Waals surface area contributed by atoms with Crippen LogP contribution in [0.1, 0.15) is 11.1 Å². The van der Waals surface area contributed by atoms with Crippen LogP contribution in [0.4, 0.5) is 0 Å². The van der Waals surface area contributed by atoms with Crippen molar-refractivity contribution in [3.8, 4) is 5.75 Å². The molecule has 0 radical (unpaired) electrons. The molecule has 0 aliphatic rings. The highest BCUT2D eigenvalue weighted by molar-refractivity contribution is 9.10. The van der Waals surface area contributed by atoms with E-state index in [9.17, 15) is 9.59 Å². The summed E-state index contributed by atoms with van der Waals surface area (Å²) in [6.07, 6.45) is 5.92. The van der Waals surface area contributed by atoms with Gasteiger partial charge < -0.3 is 25.3 Å². The number of ether oxygens (including phenoxy) is 1. The summed E-state index contributed by atoms with van der Waals surface area (Å²) in [5.74, 6) is -1.62. The Morgan fingerprint density at radius 3 is 2.63 bits per heavy atom. The molecule has 30 heavy (non-hydrogen) atoms. The number of nitrogens with one attached hydrogen (secondary N) is 2. The van der Waals surface area contributed by atoms with Crippen LogP contribution in [-0.4, -0.2) is 45.8 Å². The number of fused-ring (bicyclic) bond motifs is 1. The Morgan fingerprint density at radius 2 is 1.97 bits per heavy atom. The molecule has 0 unspecified atom stereocenters. The second kappa shape index (κ2) is 11.7. The molecule has 3 aromatic rings. The third kappa shape index (κ3) is 7.69.